The van der Waals surface area contributed by atoms with Gasteiger partial charge in [0.25, 0.3) is 0 Å². The predicted molar refractivity (Wildman–Crippen MR) is 65.2 cm³/mol. The monoisotopic (exact) mass is 224 g/mol. The highest BCUT2D eigenvalue weighted by Gasteiger charge is 2.34. The lowest BCUT2D eigenvalue weighted by Crippen LogP contribution is -2.54. The average molecular weight is 224 g/mol. The maximum Gasteiger partial charge on any atom is 0.222 e. The van der Waals surface area contributed by atoms with E-state index in [1.807, 2.05) is 0 Å². The van der Waals surface area contributed by atoms with E-state index in [2.05, 4.69) is 24.1 Å². The first-order valence-corrected chi connectivity index (χ1v) is 6.61. The van der Waals surface area contributed by atoms with Crippen LogP contribution in [0.15, 0.2) is 0 Å². The van der Waals surface area contributed by atoms with Gasteiger partial charge in [-0.3, -0.25) is 4.79 Å². The van der Waals surface area contributed by atoms with Gasteiger partial charge in [0, 0.05) is 25.6 Å². The molecule has 2 rings (SSSR count). The van der Waals surface area contributed by atoms with E-state index in [1.165, 1.54) is 19.3 Å². The highest BCUT2D eigenvalue weighted by Crippen LogP contribution is 2.31. The molecule has 1 N–H and O–H groups in total. The normalized spacial score (nSPS) is 30.5. The van der Waals surface area contributed by atoms with Crippen molar-refractivity contribution in [1.82, 2.24) is 10.2 Å². The van der Waals surface area contributed by atoms with Crippen molar-refractivity contribution in [3.05, 3.63) is 0 Å². The van der Waals surface area contributed by atoms with E-state index >= 15 is 0 Å². The Morgan fingerprint density at radius 2 is 2.19 bits per heavy atom. The van der Waals surface area contributed by atoms with E-state index in [1.54, 1.807) is 0 Å². The second-order valence-electron chi connectivity index (χ2n) is 5.90. The van der Waals surface area contributed by atoms with Gasteiger partial charge in [-0.1, -0.05) is 13.8 Å². The first-order chi connectivity index (χ1) is 7.59. The number of rotatable bonds is 2. The van der Waals surface area contributed by atoms with Crippen molar-refractivity contribution in [2.24, 2.45) is 5.41 Å². The van der Waals surface area contributed by atoms with Crippen molar-refractivity contribution in [1.29, 1.82) is 0 Å². The Hall–Kier alpha value is -0.570. The highest BCUT2D eigenvalue weighted by atomic mass is 16.2. The van der Waals surface area contributed by atoms with E-state index < -0.39 is 0 Å². The third kappa shape index (κ3) is 2.57. The smallest absolute Gasteiger partial charge is 0.222 e. The van der Waals surface area contributed by atoms with Gasteiger partial charge in [-0.15, -0.1) is 0 Å². The fourth-order valence-electron chi connectivity index (χ4n) is 2.86. The summed E-state index contributed by atoms with van der Waals surface area (Å²) in [5, 5.41) is 3.58. The summed E-state index contributed by atoms with van der Waals surface area (Å²) in [6.45, 7) is 7.62. The zero-order valence-corrected chi connectivity index (χ0v) is 10.6. The second kappa shape index (κ2) is 4.74. The zero-order chi connectivity index (χ0) is 11.6. The van der Waals surface area contributed by atoms with Crippen LogP contribution in [0.5, 0.6) is 0 Å². The van der Waals surface area contributed by atoms with Gasteiger partial charge in [0.05, 0.1) is 0 Å². The maximum atomic E-state index is 11.8. The lowest BCUT2D eigenvalue weighted by atomic mass is 9.77. The van der Waals surface area contributed by atoms with Crippen molar-refractivity contribution >= 4 is 5.91 Å². The molecule has 1 atom stereocenters. The molecule has 1 amide bonds. The van der Waals surface area contributed by atoms with Crippen LogP contribution in [-0.2, 0) is 4.79 Å². The number of carbonyl (C=O) groups excluding carboxylic acids is 1. The molecule has 0 aromatic rings. The lowest BCUT2D eigenvalue weighted by molar-refractivity contribution is -0.134. The van der Waals surface area contributed by atoms with Gasteiger partial charge < -0.3 is 10.2 Å². The SMILES string of the molecule is CC1(C)CCCNC1CN1CCCCC1=O. The van der Waals surface area contributed by atoms with Gasteiger partial charge in [0.15, 0.2) is 0 Å². The maximum absolute atomic E-state index is 11.8. The minimum Gasteiger partial charge on any atom is -0.341 e. The summed E-state index contributed by atoms with van der Waals surface area (Å²) < 4.78 is 0. The molecule has 3 heteroatoms. The van der Waals surface area contributed by atoms with Crippen LogP contribution >= 0.6 is 0 Å². The van der Waals surface area contributed by atoms with Crippen LogP contribution in [0.3, 0.4) is 0 Å². The van der Waals surface area contributed by atoms with E-state index in [-0.39, 0.29) is 0 Å². The molecule has 2 saturated heterocycles. The summed E-state index contributed by atoms with van der Waals surface area (Å²) in [5.41, 5.74) is 0.329. The summed E-state index contributed by atoms with van der Waals surface area (Å²) in [5.74, 6) is 0.356. The van der Waals surface area contributed by atoms with Crippen LogP contribution in [0.2, 0.25) is 0 Å². The van der Waals surface area contributed by atoms with Gasteiger partial charge >= 0.3 is 0 Å². The molecule has 0 aliphatic carbocycles. The Kier molecular flexibility index (Phi) is 3.53. The molecule has 2 fully saturated rings. The largest absolute Gasteiger partial charge is 0.341 e. The molecule has 0 bridgehead atoms. The van der Waals surface area contributed by atoms with Crippen molar-refractivity contribution in [3.63, 3.8) is 0 Å². The quantitative estimate of drug-likeness (QED) is 0.775. The Morgan fingerprint density at radius 1 is 1.38 bits per heavy atom. The Bertz CT molecular complexity index is 263. The topological polar surface area (TPSA) is 32.3 Å². The number of likely N-dealkylation sites (tertiary alicyclic amines) is 1. The van der Waals surface area contributed by atoms with Gasteiger partial charge in [0.1, 0.15) is 0 Å². The number of hydrogen-bond donors (Lipinski definition) is 1. The summed E-state index contributed by atoms with van der Waals surface area (Å²) >= 11 is 0. The third-order valence-corrected chi connectivity index (χ3v) is 4.16. The highest BCUT2D eigenvalue weighted by molar-refractivity contribution is 5.76. The fourth-order valence-corrected chi connectivity index (χ4v) is 2.86. The van der Waals surface area contributed by atoms with Crippen molar-refractivity contribution < 1.29 is 4.79 Å². The molecule has 0 spiro atoms. The Balaban J connectivity index is 1.94. The molecule has 16 heavy (non-hydrogen) atoms. The van der Waals surface area contributed by atoms with Gasteiger partial charge in [-0.2, -0.15) is 0 Å². The van der Waals surface area contributed by atoms with E-state index in [9.17, 15) is 4.79 Å². The number of piperidine rings is 2. The molecule has 0 aromatic carbocycles. The van der Waals surface area contributed by atoms with Crippen LogP contribution in [0, 0.1) is 5.41 Å². The number of hydrogen-bond acceptors (Lipinski definition) is 2. The van der Waals surface area contributed by atoms with Crippen LogP contribution < -0.4 is 5.32 Å². The summed E-state index contributed by atoms with van der Waals surface area (Å²) in [7, 11) is 0. The number of amides is 1. The molecule has 92 valence electrons. The molecule has 2 heterocycles. The lowest BCUT2D eigenvalue weighted by Gasteiger charge is -2.42. The standard InChI is InChI=1S/C13H24N2O/c1-13(2)7-5-8-14-11(13)10-15-9-4-3-6-12(15)16/h11,14H,3-10H2,1-2H3. The van der Waals surface area contributed by atoms with Crippen LogP contribution in [0.1, 0.15) is 46.0 Å². The second-order valence-corrected chi connectivity index (χ2v) is 5.90. The van der Waals surface area contributed by atoms with Gasteiger partial charge in [0.2, 0.25) is 5.91 Å². The average Bonchev–Trinajstić information content (AvgIpc) is 2.24. The van der Waals surface area contributed by atoms with Crippen molar-refractivity contribution in [2.45, 2.75) is 52.0 Å². The minimum atomic E-state index is 0.329. The summed E-state index contributed by atoms with van der Waals surface area (Å²) in [6, 6.07) is 0.475. The predicted octanol–water partition coefficient (Wildman–Crippen LogP) is 1.78. The van der Waals surface area contributed by atoms with Gasteiger partial charge in [-0.25, -0.2) is 0 Å². The zero-order valence-electron chi connectivity index (χ0n) is 10.6. The molecule has 3 nitrogen and oxygen atoms in total. The summed E-state index contributed by atoms with van der Waals surface area (Å²) in [4.78, 5) is 13.8. The van der Waals surface area contributed by atoms with Crippen LogP contribution in [-0.4, -0.2) is 36.5 Å². The Morgan fingerprint density at radius 3 is 2.88 bits per heavy atom. The molecule has 2 aliphatic heterocycles. The van der Waals surface area contributed by atoms with Crippen LogP contribution in [0.25, 0.3) is 0 Å². The van der Waals surface area contributed by atoms with Crippen LogP contribution in [0.4, 0.5) is 0 Å². The van der Waals surface area contributed by atoms with Crippen molar-refractivity contribution in [3.8, 4) is 0 Å². The van der Waals surface area contributed by atoms with E-state index in [4.69, 9.17) is 0 Å². The molecule has 0 radical (unpaired) electrons. The molecule has 0 aromatic heterocycles. The number of nitrogens with zero attached hydrogens (tertiary/aromatic N) is 1. The fraction of sp³-hybridized carbons (Fsp3) is 0.923. The molecule has 1 unspecified atom stereocenters. The Labute approximate surface area is 98.6 Å². The number of nitrogens with one attached hydrogen (secondary N) is 1. The first-order valence-electron chi connectivity index (χ1n) is 6.61. The molecular weight excluding hydrogens is 200 g/mol. The van der Waals surface area contributed by atoms with Crippen molar-refractivity contribution in [2.75, 3.05) is 19.6 Å². The minimum absolute atomic E-state index is 0.329. The molecule has 0 saturated carbocycles. The molecule has 2 aliphatic rings. The molecular formula is C13H24N2O. The van der Waals surface area contributed by atoms with E-state index in [0.29, 0.717) is 17.4 Å². The van der Waals surface area contributed by atoms with E-state index in [0.717, 1.165) is 32.5 Å². The third-order valence-electron chi connectivity index (χ3n) is 4.16. The summed E-state index contributed by atoms with van der Waals surface area (Å²) in [6.07, 6.45) is 5.55. The number of carbonyl (C=O) groups is 1. The van der Waals surface area contributed by atoms with Gasteiger partial charge in [-0.05, 0) is 37.6 Å². The first kappa shape index (κ1) is 11.9.